The third-order valence-electron chi connectivity index (χ3n) is 3.68. The lowest BCUT2D eigenvalue weighted by Gasteiger charge is -2.14. The average Bonchev–Trinajstić information content (AvgIpc) is 2.64. The van der Waals surface area contributed by atoms with Gasteiger partial charge in [-0.15, -0.1) is 0 Å². The Labute approximate surface area is 170 Å². The van der Waals surface area contributed by atoms with Gasteiger partial charge in [0.15, 0.2) is 5.96 Å². The molecule has 0 saturated carbocycles. The van der Waals surface area contributed by atoms with Crippen LogP contribution in [0.3, 0.4) is 0 Å². The number of hydrogen-bond donors (Lipinski definition) is 6. The highest BCUT2D eigenvalue weighted by Crippen LogP contribution is 2.03. The highest BCUT2D eigenvalue weighted by Gasteiger charge is 2.19. The Kier molecular flexibility index (Phi) is 12.4. The highest BCUT2D eigenvalue weighted by atomic mass is 16.4. The molecule has 10 nitrogen and oxygen atoms in total. The van der Waals surface area contributed by atoms with Crippen molar-refractivity contribution in [1.82, 2.24) is 5.32 Å². The van der Waals surface area contributed by atoms with Crippen LogP contribution >= 0.6 is 0 Å². The topological polar surface area (TPSA) is 200 Å². The molecule has 10 heteroatoms. The number of hydrogen-bond acceptors (Lipinski definition) is 5. The second-order valence-electron chi connectivity index (χ2n) is 6.82. The molecule has 1 rings (SSSR count). The number of nitrogens with one attached hydrogen (secondary N) is 1. The maximum atomic E-state index is 11.9. The lowest BCUT2D eigenvalue weighted by molar-refractivity contribution is -0.139. The zero-order chi connectivity index (χ0) is 22.4. The van der Waals surface area contributed by atoms with E-state index in [1.54, 1.807) is 30.3 Å². The second kappa shape index (κ2) is 13.9. The van der Waals surface area contributed by atoms with Crippen molar-refractivity contribution in [3.63, 3.8) is 0 Å². The molecule has 0 spiro atoms. The van der Waals surface area contributed by atoms with E-state index < -0.39 is 29.9 Å². The first-order valence-corrected chi connectivity index (χ1v) is 9.23. The van der Waals surface area contributed by atoms with E-state index >= 15 is 0 Å². The molecule has 29 heavy (non-hydrogen) atoms. The third-order valence-corrected chi connectivity index (χ3v) is 3.68. The molecule has 0 aliphatic rings. The van der Waals surface area contributed by atoms with Gasteiger partial charge >= 0.3 is 5.97 Å². The van der Waals surface area contributed by atoms with Crippen molar-refractivity contribution in [2.75, 3.05) is 6.54 Å². The second-order valence-corrected chi connectivity index (χ2v) is 6.82. The van der Waals surface area contributed by atoms with Gasteiger partial charge in [0.05, 0.1) is 6.04 Å². The molecule has 2 atom stereocenters. The maximum Gasteiger partial charge on any atom is 0.326 e. The first-order chi connectivity index (χ1) is 13.5. The first kappa shape index (κ1) is 25.9. The monoisotopic (exact) mass is 408 g/mol. The van der Waals surface area contributed by atoms with Gasteiger partial charge in [0.25, 0.3) is 5.91 Å². The molecule has 2 amide bonds. The van der Waals surface area contributed by atoms with Crippen LogP contribution < -0.4 is 28.3 Å². The van der Waals surface area contributed by atoms with E-state index in [9.17, 15) is 14.4 Å². The van der Waals surface area contributed by atoms with E-state index in [0.717, 1.165) is 0 Å². The van der Waals surface area contributed by atoms with Crippen LogP contribution in [0.25, 0.3) is 0 Å². The van der Waals surface area contributed by atoms with E-state index in [1.165, 1.54) is 0 Å². The van der Waals surface area contributed by atoms with Crippen LogP contribution in [-0.4, -0.2) is 47.5 Å². The minimum atomic E-state index is -1.08. The molecule has 0 aliphatic heterocycles. The number of carboxylic acid groups (broad SMARTS) is 1. The zero-order valence-corrected chi connectivity index (χ0v) is 16.9. The molecule has 0 unspecified atom stereocenters. The number of guanidine groups is 1. The molecule has 0 radical (unpaired) electrons. The summed E-state index contributed by atoms with van der Waals surface area (Å²) in [7, 11) is 0. The average molecular weight is 409 g/mol. The Bertz CT molecular complexity index is 675. The van der Waals surface area contributed by atoms with Crippen molar-refractivity contribution in [2.24, 2.45) is 33.8 Å². The van der Waals surface area contributed by atoms with Crippen LogP contribution in [0.2, 0.25) is 0 Å². The molecule has 1 aromatic rings. The number of nitrogens with two attached hydrogens (primary N) is 4. The Morgan fingerprint density at radius 2 is 1.69 bits per heavy atom. The van der Waals surface area contributed by atoms with Gasteiger partial charge in [-0.1, -0.05) is 32.0 Å². The summed E-state index contributed by atoms with van der Waals surface area (Å²) in [6.45, 7) is 4.33. The number of primary amides is 1. The van der Waals surface area contributed by atoms with Gasteiger partial charge in [-0.3, -0.25) is 14.6 Å². The van der Waals surface area contributed by atoms with Crippen LogP contribution in [0.1, 0.15) is 43.5 Å². The summed E-state index contributed by atoms with van der Waals surface area (Å²) in [5, 5.41) is 11.5. The van der Waals surface area contributed by atoms with Gasteiger partial charge in [-0.05, 0) is 37.3 Å². The van der Waals surface area contributed by atoms with E-state index in [-0.39, 0.29) is 12.4 Å². The standard InChI is InChI=1S/C13H18N4O3.C6H14N2O/c14-13(15)16-8-4-7-10(12(19)20)17-11(18)9-5-2-1-3-6-9;1-4(2)3-5(7)6(8)9/h1-3,5-6,10H,4,7-8H2,(H,17,18)(H,19,20)(H4,14,15,16);4-5H,3,7H2,1-2H3,(H2,8,9)/t10-;5-/m00/s1. The molecular weight excluding hydrogens is 376 g/mol. The predicted octanol–water partition coefficient (Wildman–Crippen LogP) is -0.232. The smallest absolute Gasteiger partial charge is 0.326 e. The van der Waals surface area contributed by atoms with Crippen LogP contribution in [0, 0.1) is 5.92 Å². The lowest BCUT2D eigenvalue weighted by Crippen LogP contribution is -2.40. The molecule has 162 valence electrons. The van der Waals surface area contributed by atoms with Crippen LogP contribution in [0.15, 0.2) is 35.3 Å². The quantitative estimate of drug-likeness (QED) is 0.174. The first-order valence-electron chi connectivity index (χ1n) is 9.23. The molecule has 10 N–H and O–H groups in total. The number of aliphatic imine (C=N–C) groups is 1. The number of nitrogens with zero attached hydrogens (tertiary/aromatic N) is 1. The van der Waals surface area contributed by atoms with E-state index in [4.69, 9.17) is 28.0 Å². The largest absolute Gasteiger partial charge is 0.480 e. The summed E-state index contributed by atoms with van der Waals surface area (Å²) >= 11 is 0. The van der Waals surface area contributed by atoms with Gasteiger partial charge in [0.2, 0.25) is 5.91 Å². The fraction of sp³-hybridized carbons (Fsp3) is 0.474. The maximum absolute atomic E-state index is 11.9. The number of benzene rings is 1. The van der Waals surface area contributed by atoms with Crippen molar-refractivity contribution in [3.05, 3.63) is 35.9 Å². The van der Waals surface area contributed by atoms with Crippen molar-refractivity contribution in [2.45, 2.75) is 45.2 Å². The summed E-state index contributed by atoms with van der Waals surface area (Å²) in [6, 6.07) is 7.01. The lowest BCUT2D eigenvalue weighted by atomic mass is 10.0. The number of amides is 2. The highest BCUT2D eigenvalue weighted by molar-refractivity contribution is 5.96. The van der Waals surface area contributed by atoms with Crippen molar-refractivity contribution in [3.8, 4) is 0 Å². The molecule has 1 aromatic carbocycles. The van der Waals surface area contributed by atoms with Gasteiger partial charge < -0.3 is 33.4 Å². The summed E-state index contributed by atoms with van der Waals surface area (Å²) in [6.07, 6.45) is 1.39. The van der Waals surface area contributed by atoms with E-state index in [0.29, 0.717) is 30.9 Å². The SMILES string of the molecule is CC(C)C[C@H](N)C(N)=O.NC(N)=NCCC[C@H](NC(=O)c1ccccc1)C(=O)O. The number of rotatable bonds is 10. The van der Waals surface area contributed by atoms with Gasteiger partial charge in [0.1, 0.15) is 6.04 Å². The Hall–Kier alpha value is -3.14. The van der Waals surface area contributed by atoms with Crippen LogP contribution in [-0.2, 0) is 9.59 Å². The van der Waals surface area contributed by atoms with Gasteiger partial charge in [-0.2, -0.15) is 0 Å². The number of carbonyl (C=O) groups excluding carboxylic acids is 2. The summed E-state index contributed by atoms with van der Waals surface area (Å²) < 4.78 is 0. The van der Waals surface area contributed by atoms with Gasteiger partial charge in [0, 0.05) is 12.1 Å². The minimum absolute atomic E-state index is 0.0369. The van der Waals surface area contributed by atoms with Crippen molar-refractivity contribution < 1.29 is 19.5 Å². The molecule has 0 bridgehead atoms. The van der Waals surface area contributed by atoms with E-state index in [1.807, 2.05) is 13.8 Å². The van der Waals surface area contributed by atoms with Crippen LogP contribution in [0.4, 0.5) is 0 Å². The van der Waals surface area contributed by atoms with Crippen LogP contribution in [0.5, 0.6) is 0 Å². The minimum Gasteiger partial charge on any atom is -0.480 e. The predicted molar refractivity (Wildman–Crippen MR) is 112 cm³/mol. The third kappa shape index (κ3) is 12.8. The summed E-state index contributed by atoms with van der Waals surface area (Å²) in [5.41, 5.74) is 21.0. The molecule has 0 aromatic heterocycles. The summed E-state index contributed by atoms with van der Waals surface area (Å²) in [4.78, 5) is 37.0. The van der Waals surface area contributed by atoms with Gasteiger partial charge in [-0.25, -0.2) is 4.79 Å². The number of carbonyl (C=O) groups is 3. The molecule has 0 aliphatic carbocycles. The van der Waals surface area contributed by atoms with E-state index in [2.05, 4.69) is 10.3 Å². The zero-order valence-electron chi connectivity index (χ0n) is 16.9. The summed E-state index contributed by atoms with van der Waals surface area (Å²) in [5.74, 6) is -1.51. The Morgan fingerprint density at radius 1 is 1.10 bits per heavy atom. The fourth-order valence-corrected chi connectivity index (χ4v) is 2.22. The molecule has 0 saturated heterocycles. The molecule has 0 fully saturated rings. The molecular formula is C19H32N6O4. The van der Waals surface area contributed by atoms with Crippen molar-refractivity contribution in [1.29, 1.82) is 0 Å². The fourth-order valence-electron chi connectivity index (χ4n) is 2.22. The normalized spacial score (nSPS) is 12.1. The number of aliphatic carboxylic acids is 1. The Morgan fingerprint density at radius 3 is 2.10 bits per heavy atom. The Balaban J connectivity index is 0.000000734. The van der Waals surface area contributed by atoms with Crippen molar-refractivity contribution >= 4 is 23.7 Å². The molecule has 0 heterocycles. The number of carboxylic acids is 1.